The molecule has 2 radical (unpaired) electrons. The number of benzene rings is 1. The van der Waals surface area contributed by atoms with Gasteiger partial charge in [0.15, 0.2) is 16.3 Å². The summed E-state index contributed by atoms with van der Waals surface area (Å²) in [5.41, 5.74) is 9.01. The number of nitrogens with zero attached hydrogens (tertiary/aromatic N) is 1. The Kier molecular flexibility index (Phi) is 5.39. The van der Waals surface area contributed by atoms with E-state index in [0.717, 1.165) is 0 Å². The van der Waals surface area contributed by atoms with E-state index in [1.54, 1.807) is 5.56 Å². The van der Waals surface area contributed by atoms with Crippen LogP contribution in [0.1, 0.15) is 74.9 Å². The van der Waals surface area contributed by atoms with Crippen molar-refractivity contribution >= 4 is 31.6 Å². The normalized spacial score (nSPS) is 12.3. The van der Waals surface area contributed by atoms with Crippen molar-refractivity contribution in [2.45, 2.75) is 79.6 Å². The van der Waals surface area contributed by atoms with Crippen LogP contribution in [0.15, 0.2) is 0 Å². The summed E-state index contributed by atoms with van der Waals surface area (Å²) >= 11 is 3.03. The Morgan fingerprint density at radius 1 is 0.957 bits per heavy atom. The first-order chi connectivity index (χ1) is 10.6. The predicted molar refractivity (Wildman–Crippen MR) is 104 cm³/mol. The number of fused-ring (bicyclic) bond motifs is 1. The predicted octanol–water partition coefficient (Wildman–Crippen LogP) is 4.93. The number of aromatic nitrogens is 1. The first-order valence-electron chi connectivity index (χ1n) is 8.99. The van der Waals surface area contributed by atoms with Crippen molar-refractivity contribution in [3.8, 4) is 0 Å². The van der Waals surface area contributed by atoms with E-state index in [1.165, 1.54) is 63.4 Å². The molecule has 0 saturated carbocycles. The SMILES string of the molecule is CCCCCc1c(C(C)(C)C)n(C)c2c(C)c(C)c(C)[c]([Al])c12. The average Bonchev–Trinajstić information content (AvgIpc) is 2.76. The molecule has 0 spiro atoms. The number of hydrogen-bond donors (Lipinski definition) is 0. The van der Waals surface area contributed by atoms with Crippen LogP contribution in [-0.2, 0) is 18.9 Å². The van der Waals surface area contributed by atoms with Gasteiger partial charge in [-0.15, -0.1) is 4.43 Å². The Balaban J connectivity index is 2.88. The van der Waals surface area contributed by atoms with Crippen LogP contribution in [-0.4, -0.2) is 20.9 Å². The molecule has 0 saturated heterocycles. The van der Waals surface area contributed by atoms with Gasteiger partial charge in [-0.3, -0.25) is 0 Å². The Morgan fingerprint density at radius 3 is 2.09 bits per heavy atom. The molecule has 1 aromatic heterocycles. The second kappa shape index (κ2) is 6.66. The van der Waals surface area contributed by atoms with E-state index in [4.69, 9.17) is 0 Å². The lowest BCUT2D eigenvalue weighted by molar-refractivity contribution is 0.537. The molecule has 0 aliphatic rings. The maximum absolute atomic E-state index is 3.03. The molecule has 2 heteroatoms. The molecule has 23 heavy (non-hydrogen) atoms. The molecule has 0 N–H and O–H groups in total. The highest BCUT2D eigenvalue weighted by Crippen LogP contribution is 2.36. The zero-order valence-electron chi connectivity index (χ0n) is 16.4. The van der Waals surface area contributed by atoms with Crippen molar-refractivity contribution < 1.29 is 0 Å². The Hall–Kier alpha value is -0.708. The molecule has 2 aromatic rings. The fourth-order valence-corrected chi connectivity index (χ4v) is 4.60. The van der Waals surface area contributed by atoms with Crippen molar-refractivity contribution in [3.63, 3.8) is 0 Å². The lowest BCUT2D eigenvalue weighted by atomic mass is 9.86. The third kappa shape index (κ3) is 3.13. The van der Waals surface area contributed by atoms with Crippen LogP contribution in [0.2, 0.25) is 0 Å². The molecule has 0 aliphatic heterocycles. The van der Waals surface area contributed by atoms with Crippen molar-refractivity contribution in [3.05, 3.63) is 27.9 Å². The van der Waals surface area contributed by atoms with Gasteiger partial charge in [0.1, 0.15) is 0 Å². The van der Waals surface area contributed by atoms with Gasteiger partial charge in [0, 0.05) is 18.2 Å². The summed E-state index contributed by atoms with van der Waals surface area (Å²) in [6.07, 6.45) is 5.08. The fourth-order valence-electron chi connectivity index (χ4n) is 4.07. The maximum Gasteiger partial charge on any atom is 0.177 e. The second-order valence-corrected chi connectivity index (χ2v) is 8.68. The molecule has 1 heterocycles. The van der Waals surface area contributed by atoms with Crippen LogP contribution < -0.4 is 4.43 Å². The van der Waals surface area contributed by atoms with Crippen molar-refractivity contribution in [1.29, 1.82) is 0 Å². The van der Waals surface area contributed by atoms with Gasteiger partial charge in [-0.25, -0.2) is 0 Å². The molecule has 1 nitrogen and oxygen atoms in total. The monoisotopic (exact) mass is 325 g/mol. The smallest absolute Gasteiger partial charge is 0.177 e. The number of rotatable bonds is 4. The topological polar surface area (TPSA) is 4.93 Å². The maximum atomic E-state index is 3.03. The van der Waals surface area contributed by atoms with Crippen LogP contribution in [0.25, 0.3) is 10.9 Å². The van der Waals surface area contributed by atoms with E-state index in [1.807, 2.05) is 0 Å². The zero-order chi connectivity index (χ0) is 17.5. The largest absolute Gasteiger partial charge is 0.347 e. The molecule has 0 unspecified atom stereocenters. The minimum Gasteiger partial charge on any atom is -0.347 e. The summed E-state index contributed by atoms with van der Waals surface area (Å²) < 4.78 is 3.88. The summed E-state index contributed by atoms with van der Waals surface area (Å²) in [5, 5.41) is 1.50. The van der Waals surface area contributed by atoms with E-state index >= 15 is 0 Å². The van der Waals surface area contributed by atoms with Crippen LogP contribution in [0.3, 0.4) is 0 Å². The molecule has 2 rings (SSSR count). The minimum atomic E-state index is 0.167. The van der Waals surface area contributed by atoms with Crippen molar-refractivity contribution in [1.82, 2.24) is 4.57 Å². The average molecular weight is 325 g/mol. The molecule has 0 amide bonds. The van der Waals surface area contributed by atoms with Crippen molar-refractivity contribution in [2.24, 2.45) is 7.05 Å². The molecular weight excluding hydrogens is 293 g/mol. The summed E-state index contributed by atoms with van der Waals surface area (Å²) in [5.74, 6) is 0. The van der Waals surface area contributed by atoms with Crippen LogP contribution in [0, 0.1) is 20.8 Å². The summed E-state index contributed by atoms with van der Waals surface area (Å²) in [6, 6.07) is 0. The van der Waals surface area contributed by atoms with Crippen LogP contribution >= 0.6 is 0 Å². The van der Waals surface area contributed by atoms with E-state index in [-0.39, 0.29) is 5.41 Å². The Labute approximate surface area is 150 Å². The summed E-state index contributed by atoms with van der Waals surface area (Å²) in [4.78, 5) is 0. The summed E-state index contributed by atoms with van der Waals surface area (Å²) in [7, 11) is 2.26. The van der Waals surface area contributed by atoms with Gasteiger partial charge in [0.25, 0.3) is 0 Å². The van der Waals surface area contributed by atoms with E-state index in [9.17, 15) is 0 Å². The quantitative estimate of drug-likeness (QED) is 0.555. The first-order valence-corrected chi connectivity index (χ1v) is 9.57. The Morgan fingerprint density at radius 2 is 1.57 bits per heavy atom. The molecule has 0 bridgehead atoms. The zero-order valence-corrected chi connectivity index (χ0v) is 17.5. The van der Waals surface area contributed by atoms with Gasteiger partial charge >= 0.3 is 0 Å². The second-order valence-electron chi connectivity index (χ2n) is 8.11. The van der Waals surface area contributed by atoms with E-state index in [2.05, 4.69) is 76.4 Å². The molecule has 124 valence electrons. The number of hydrogen-bond acceptors (Lipinski definition) is 0. The lowest BCUT2D eigenvalue weighted by Crippen LogP contribution is -2.18. The third-order valence-electron chi connectivity index (χ3n) is 5.39. The van der Waals surface area contributed by atoms with Gasteiger partial charge in [-0.1, -0.05) is 46.1 Å². The van der Waals surface area contributed by atoms with Gasteiger partial charge in [-0.2, -0.15) is 0 Å². The third-order valence-corrected chi connectivity index (χ3v) is 6.11. The fraction of sp³-hybridized carbons (Fsp3) is 0.619. The van der Waals surface area contributed by atoms with Crippen LogP contribution in [0.4, 0.5) is 0 Å². The molecular formula is C21H32AlN. The highest BCUT2D eigenvalue weighted by molar-refractivity contribution is 6.40. The molecule has 1 aromatic carbocycles. The van der Waals surface area contributed by atoms with Gasteiger partial charge in [-0.05, 0) is 55.7 Å². The van der Waals surface area contributed by atoms with Gasteiger partial charge in [0.05, 0.1) is 5.52 Å². The molecule has 0 aliphatic carbocycles. The number of aryl methyl sites for hydroxylation is 3. The number of unbranched alkanes of at least 4 members (excludes halogenated alkanes) is 2. The standard InChI is InChI=1S/C21H32N.Al/c1-9-10-11-12-17-18-13-14(2)15(3)16(4)19(18)22(8)20(17)21(5,6)7;/h9-12H2,1-8H3;. The Bertz CT molecular complexity index is 729. The highest BCUT2D eigenvalue weighted by Gasteiger charge is 2.27. The van der Waals surface area contributed by atoms with Crippen molar-refractivity contribution in [2.75, 3.05) is 0 Å². The molecule has 0 atom stereocenters. The van der Waals surface area contributed by atoms with E-state index in [0.29, 0.717) is 0 Å². The summed E-state index contributed by atoms with van der Waals surface area (Å²) in [6.45, 7) is 16.2. The minimum absolute atomic E-state index is 0.167. The lowest BCUT2D eigenvalue weighted by Gasteiger charge is -2.23. The van der Waals surface area contributed by atoms with E-state index < -0.39 is 0 Å². The van der Waals surface area contributed by atoms with Gasteiger partial charge < -0.3 is 4.57 Å². The molecule has 0 fully saturated rings. The highest BCUT2D eigenvalue weighted by atomic mass is 27.0. The first kappa shape index (κ1) is 18.6. The van der Waals surface area contributed by atoms with Crippen LogP contribution in [0.5, 0.6) is 0 Å². The van der Waals surface area contributed by atoms with Gasteiger partial charge in [0.2, 0.25) is 0 Å².